The Morgan fingerprint density at radius 1 is 1.00 bits per heavy atom. The number of aliphatic hydroxyl groups excluding tert-OH is 1. The van der Waals surface area contributed by atoms with Crippen LogP contribution < -0.4 is 0 Å². The zero-order valence-electron chi connectivity index (χ0n) is 9.88. The van der Waals surface area contributed by atoms with Gasteiger partial charge < -0.3 is 10.1 Å². The molecule has 90 valence electrons. The second-order valence-corrected chi connectivity index (χ2v) is 4.33. The highest BCUT2D eigenvalue weighted by molar-refractivity contribution is 5.74. The van der Waals surface area contributed by atoms with Crippen LogP contribution in [0.4, 0.5) is 0 Å². The zero-order valence-corrected chi connectivity index (χ0v) is 9.88. The van der Waals surface area contributed by atoms with Gasteiger partial charge in [0.2, 0.25) is 0 Å². The molecule has 0 aliphatic carbocycles. The Hall–Kier alpha value is -2.13. The van der Waals surface area contributed by atoms with E-state index in [-0.39, 0.29) is 0 Å². The minimum absolute atomic E-state index is 0.499. The zero-order chi connectivity index (χ0) is 12.4. The molecule has 3 rings (SSSR count). The smallest absolute Gasteiger partial charge is 0.110 e. The van der Waals surface area contributed by atoms with Crippen LogP contribution in [-0.4, -0.2) is 15.1 Å². The summed E-state index contributed by atoms with van der Waals surface area (Å²) in [5.41, 5.74) is 2.86. The summed E-state index contributed by atoms with van der Waals surface area (Å²) in [6, 6.07) is 17.5. The highest BCUT2D eigenvalue weighted by Gasteiger charge is 2.10. The van der Waals surface area contributed by atoms with E-state index in [4.69, 9.17) is 0 Å². The number of aromatic amines is 1. The Morgan fingerprint density at radius 2 is 1.72 bits per heavy atom. The number of H-pyrrole nitrogens is 1. The fourth-order valence-corrected chi connectivity index (χ4v) is 2.08. The SMILES string of the molecule is OC(Cc1nc2ccccc2[nH]1)c1ccccc1. The molecule has 1 heterocycles. The number of rotatable bonds is 3. The number of nitrogens with one attached hydrogen (secondary N) is 1. The number of aromatic nitrogens is 2. The van der Waals surface area contributed by atoms with E-state index in [1.807, 2.05) is 54.6 Å². The molecule has 0 saturated heterocycles. The molecule has 2 aromatic carbocycles. The van der Waals surface area contributed by atoms with Gasteiger partial charge in [0.1, 0.15) is 5.82 Å². The molecule has 1 aromatic heterocycles. The molecule has 18 heavy (non-hydrogen) atoms. The summed E-state index contributed by atoms with van der Waals surface area (Å²) in [6.45, 7) is 0. The second-order valence-electron chi connectivity index (χ2n) is 4.33. The van der Waals surface area contributed by atoms with Crippen molar-refractivity contribution in [1.29, 1.82) is 0 Å². The third kappa shape index (κ3) is 2.13. The third-order valence-corrected chi connectivity index (χ3v) is 3.01. The molecule has 0 radical (unpaired) electrons. The van der Waals surface area contributed by atoms with Crippen LogP contribution in [0.1, 0.15) is 17.5 Å². The Balaban J connectivity index is 1.84. The minimum Gasteiger partial charge on any atom is -0.388 e. The van der Waals surface area contributed by atoms with Crippen LogP contribution >= 0.6 is 0 Å². The van der Waals surface area contributed by atoms with Gasteiger partial charge in [-0.15, -0.1) is 0 Å². The standard InChI is InChI=1S/C15H14N2O/c18-14(11-6-2-1-3-7-11)10-15-16-12-8-4-5-9-13(12)17-15/h1-9,14,18H,10H2,(H,16,17). The van der Waals surface area contributed by atoms with Gasteiger partial charge in [-0.3, -0.25) is 0 Å². The van der Waals surface area contributed by atoms with Gasteiger partial charge >= 0.3 is 0 Å². The van der Waals surface area contributed by atoms with Crippen molar-refractivity contribution in [2.24, 2.45) is 0 Å². The first-order valence-electron chi connectivity index (χ1n) is 5.99. The lowest BCUT2D eigenvalue weighted by Crippen LogP contribution is -2.02. The van der Waals surface area contributed by atoms with E-state index in [9.17, 15) is 5.11 Å². The Kier molecular flexibility index (Phi) is 2.82. The van der Waals surface area contributed by atoms with Gasteiger partial charge in [-0.2, -0.15) is 0 Å². The number of benzene rings is 2. The van der Waals surface area contributed by atoms with Crippen molar-refractivity contribution in [3.05, 3.63) is 66.0 Å². The number of fused-ring (bicyclic) bond motifs is 1. The maximum absolute atomic E-state index is 10.1. The highest BCUT2D eigenvalue weighted by Crippen LogP contribution is 2.18. The van der Waals surface area contributed by atoms with E-state index >= 15 is 0 Å². The van der Waals surface area contributed by atoms with Gasteiger partial charge in [-0.1, -0.05) is 42.5 Å². The third-order valence-electron chi connectivity index (χ3n) is 3.01. The molecule has 3 nitrogen and oxygen atoms in total. The summed E-state index contributed by atoms with van der Waals surface area (Å²) in [7, 11) is 0. The van der Waals surface area contributed by atoms with Crippen LogP contribution in [0.25, 0.3) is 11.0 Å². The lowest BCUT2D eigenvalue weighted by Gasteiger charge is -2.08. The van der Waals surface area contributed by atoms with Gasteiger partial charge in [-0.25, -0.2) is 4.98 Å². The Bertz CT molecular complexity index is 613. The van der Waals surface area contributed by atoms with Crippen molar-refractivity contribution >= 4 is 11.0 Å². The largest absolute Gasteiger partial charge is 0.388 e. The lowest BCUT2D eigenvalue weighted by atomic mass is 10.1. The van der Waals surface area contributed by atoms with Gasteiger partial charge in [0.05, 0.1) is 17.1 Å². The molecule has 0 aliphatic rings. The van der Waals surface area contributed by atoms with Gasteiger partial charge in [-0.05, 0) is 17.7 Å². The number of para-hydroxylation sites is 2. The van der Waals surface area contributed by atoms with Crippen molar-refractivity contribution in [2.45, 2.75) is 12.5 Å². The van der Waals surface area contributed by atoms with E-state index in [2.05, 4.69) is 9.97 Å². The highest BCUT2D eigenvalue weighted by atomic mass is 16.3. The van der Waals surface area contributed by atoms with Gasteiger partial charge in [0.15, 0.2) is 0 Å². The van der Waals surface area contributed by atoms with Crippen LogP contribution in [0, 0.1) is 0 Å². The van der Waals surface area contributed by atoms with Crippen molar-refractivity contribution in [3.8, 4) is 0 Å². The number of hydrogen-bond acceptors (Lipinski definition) is 2. The van der Waals surface area contributed by atoms with Crippen molar-refractivity contribution in [1.82, 2.24) is 9.97 Å². The predicted octanol–water partition coefficient (Wildman–Crippen LogP) is 2.84. The number of nitrogens with zero attached hydrogens (tertiary/aromatic N) is 1. The van der Waals surface area contributed by atoms with Crippen LogP contribution in [0.2, 0.25) is 0 Å². The van der Waals surface area contributed by atoms with Crippen LogP contribution in [0.3, 0.4) is 0 Å². The lowest BCUT2D eigenvalue weighted by molar-refractivity contribution is 0.176. The fraction of sp³-hybridized carbons (Fsp3) is 0.133. The fourth-order valence-electron chi connectivity index (χ4n) is 2.08. The molecule has 0 saturated carbocycles. The van der Waals surface area contributed by atoms with Crippen LogP contribution in [0.15, 0.2) is 54.6 Å². The molecule has 1 atom stereocenters. The monoisotopic (exact) mass is 238 g/mol. The molecule has 0 amide bonds. The first-order chi connectivity index (χ1) is 8.83. The van der Waals surface area contributed by atoms with Crippen molar-refractivity contribution in [2.75, 3.05) is 0 Å². The first kappa shape index (κ1) is 11.0. The van der Waals surface area contributed by atoms with Crippen molar-refractivity contribution in [3.63, 3.8) is 0 Å². The molecule has 1 unspecified atom stereocenters. The Morgan fingerprint density at radius 3 is 2.50 bits per heavy atom. The summed E-state index contributed by atoms with van der Waals surface area (Å²) in [5.74, 6) is 0.813. The molecule has 0 spiro atoms. The summed E-state index contributed by atoms with van der Waals surface area (Å²) in [5, 5.41) is 10.1. The van der Waals surface area contributed by atoms with Crippen LogP contribution in [-0.2, 0) is 6.42 Å². The summed E-state index contributed by atoms with van der Waals surface area (Å²) in [4.78, 5) is 7.69. The first-order valence-corrected chi connectivity index (χ1v) is 5.99. The molecule has 3 heteroatoms. The van der Waals surface area contributed by atoms with E-state index in [0.717, 1.165) is 22.4 Å². The number of imidazole rings is 1. The summed E-state index contributed by atoms with van der Waals surface area (Å²) < 4.78 is 0. The van der Waals surface area contributed by atoms with E-state index < -0.39 is 6.10 Å². The molecule has 3 aromatic rings. The minimum atomic E-state index is -0.522. The van der Waals surface area contributed by atoms with E-state index in [1.54, 1.807) is 0 Å². The molecular formula is C15H14N2O. The molecule has 0 fully saturated rings. The number of aliphatic hydroxyl groups is 1. The average Bonchev–Trinajstić information content (AvgIpc) is 2.82. The maximum Gasteiger partial charge on any atom is 0.110 e. The summed E-state index contributed by atoms with van der Waals surface area (Å²) >= 11 is 0. The Labute approximate surface area is 105 Å². The molecular weight excluding hydrogens is 224 g/mol. The van der Waals surface area contributed by atoms with E-state index in [1.165, 1.54) is 0 Å². The van der Waals surface area contributed by atoms with Crippen LogP contribution in [0.5, 0.6) is 0 Å². The normalized spacial score (nSPS) is 12.7. The molecule has 2 N–H and O–H groups in total. The van der Waals surface area contributed by atoms with Gasteiger partial charge in [0.25, 0.3) is 0 Å². The maximum atomic E-state index is 10.1. The van der Waals surface area contributed by atoms with Gasteiger partial charge in [0, 0.05) is 6.42 Å². The van der Waals surface area contributed by atoms with E-state index in [0.29, 0.717) is 6.42 Å². The second kappa shape index (κ2) is 4.63. The molecule has 0 bridgehead atoms. The quantitative estimate of drug-likeness (QED) is 0.737. The topological polar surface area (TPSA) is 48.9 Å². The average molecular weight is 238 g/mol. The number of hydrogen-bond donors (Lipinski definition) is 2. The predicted molar refractivity (Wildman–Crippen MR) is 71.2 cm³/mol. The molecule has 0 aliphatic heterocycles. The summed E-state index contributed by atoms with van der Waals surface area (Å²) in [6.07, 6.45) is -0.0228. The van der Waals surface area contributed by atoms with Crippen molar-refractivity contribution < 1.29 is 5.11 Å².